The summed E-state index contributed by atoms with van der Waals surface area (Å²) in [5.41, 5.74) is 1.41. The average Bonchev–Trinajstić information content (AvgIpc) is 2.22. The molecule has 1 aromatic rings. The molecule has 0 radical (unpaired) electrons. The zero-order chi connectivity index (χ0) is 11.1. The molecule has 15 heavy (non-hydrogen) atoms. The summed E-state index contributed by atoms with van der Waals surface area (Å²) < 4.78 is 0. The maximum atomic E-state index is 5.85. The van der Waals surface area contributed by atoms with Gasteiger partial charge in [-0.1, -0.05) is 63.3 Å². The van der Waals surface area contributed by atoms with Crippen molar-refractivity contribution in [2.45, 2.75) is 46.0 Å². The van der Waals surface area contributed by atoms with Gasteiger partial charge in [-0.15, -0.1) is 0 Å². The standard InChI is InChI=1S/C14H21Cl/c1-3-4-5-6-12(2)11-13-7-9-14(15)10-8-13/h7-10,12H,3-6,11H2,1-2H3. The fourth-order valence-electron chi connectivity index (χ4n) is 1.87. The number of unbranched alkanes of at least 4 members (excludes halogenated alkanes) is 2. The summed E-state index contributed by atoms with van der Waals surface area (Å²) in [5.74, 6) is 0.790. The third-order valence-electron chi connectivity index (χ3n) is 2.80. The van der Waals surface area contributed by atoms with E-state index in [4.69, 9.17) is 11.6 Å². The van der Waals surface area contributed by atoms with E-state index in [2.05, 4.69) is 26.0 Å². The van der Waals surface area contributed by atoms with Crippen LogP contribution in [-0.2, 0) is 6.42 Å². The Bertz CT molecular complexity index is 263. The highest BCUT2D eigenvalue weighted by atomic mass is 35.5. The van der Waals surface area contributed by atoms with Gasteiger partial charge in [0.1, 0.15) is 0 Å². The number of rotatable bonds is 6. The van der Waals surface area contributed by atoms with Crippen LogP contribution in [0.5, 0.6) is 0 Å². The van der Waals surface area contributed by atoms with Gasteiger partial charge in [0.25, 0.3) is 0 Å². The van der Waals surface area contributed by atoms with Crippen LogP contribution in [0, 0.1) is 5.92 Å². The lowest BCUT2D eigenvalue weighted by molar-refractivity contribution is 0.493. The molecule has 1 rings (SSSR count). The van der Waals surface area contributed by atoms with Crippen LogP contribution in [0.3, 0.4) is 0 Å². The van der Waals surface area contributed by atoms with E-state index < -0.39 is 0 Å². The first-order chi connectivity index (χ1) is 7.22. The molecular weight excluding hydrogens is 204 g/mol. The second-order valence-electron chi connectivity index (χ2n) is 4.43. The molecule has 0 spiro atoms. The molecule has 1 atom stereocenters. The van der Waals surface area contributed by atoms with E-state index in [1.54, 1.807) is 0 Å². The molecule has 0 aliphatic heterocycles. The summed E-state index contributed by atoms with van der Waals surface area (Å²) in [6.45, 7) is 4.59. The molecule has 0 aromatic heterocycles. The molecule has 0 bridgehead atoms. The van der Waals surface area contributed by atoms with E-state index in [1.165, 1.54) is 37.7 Å². The van der Waals surface area contributed by atoms with Gasteiger partial charge in [0.05, 0.1) is 0 Å². The van der Waals surface area contributed by atoms with Gasteiger partial charge in [0, 0.05) is 5.02 Å². The van der Waals surface area contributed by atoms with Crippen molar-refractivity contribution in [2.75, 3.05) is 0 Å². The van der Waals surface area contributed by atoms with Gasteiger partial charge in [-0.05, 0) is 30.0 Å². The molecule has 84 valence electrons. The minimum atomic E-state index is 0.790. The quantitative estimate of drug-likeness (QED) is 0.590. The Morgan fingerprint density at radius 1 is 1.13 bits per heavy atom. The first-order valence-electron chi connectivity index (χ1n) is 5.96. The number of hydrogen-bond donors (Lipinski definition) is 0. The van der Waals surface area contributed by atoms with E-state index in [1.807, 2.05) is 12.1 Å². The third-order valence-corrected chi connectivity index (χ3v) is 3.05. The maximum Gasteiger partial charge on any atom is 0.0406 e. The maximum absolute atomic E-state index is 5.85. The smallest absolute Gasteiger partial charge is 0.0406 e. The molecule has 0 N–H and O–H groups in total. The van der Waals surface area contributed by atoms with E-state index in [0.717, 1.165) is 10.9 Å². The molecular formula is C14H21Cl. The van der Waals surface area contributed by atoms with Crippen LogP contribution < -0.4 is 0 Å². The fraction of sp³-hybridized carbons (Fsp3) is 0.571. The Morgan fingerprint density at radius 2 is 1.80 bits per heavy atom. The highest BCUT2D eigenvalue weighted by Gasteiger charge is 2.03. The van der Waals surface area contributed by atoms with Crippen LogP contribution >= 0.6 is 11.6 Å². The number of benzene rings is 1. The van der Waals surface area contributed by atoms with Crippen molar-refractivity contribution in [3.8, 4) is 0 Å². The highest BCUT2D eigenvalue weighted by molar-refractivity contribution is 6.30. The van der Waals surface area contributed by atoms with E-state index >= 15 is 0 Å². The number of halogens is 1. The summed E-state index contributed by atoms with van der Waals surface area (Å²) >= 11 is 5.85. The largest absolute Gasteiger partial charge is 0.0843 e. The van der Waals surface area contributed by atoms with Crippen LogP contribution in [0.25, 0.3) is 0 Å². The lowest BCUT2D eigenvalue weighted by Crippen LogP contribution is -1.99. The molecule has 0 saturated heterocycles. The van der Waals surface area contributed by atoms with Crippen molar-refractivity contribution in [1.82, 2.24) is 0 Å². The minimum absolute atomic E-state index is 0.790. The van der Waals surface area contributed by atoms with Crippen molar-refractivity contribution < 1.29 is 0 Å². The van der Waals surface area contributed by atoms with Gasteiger partial charge < -0.3 is 0 Å². The Hall–Kier alpha value is -0.490. The average molecular weight is 225 g/mol. The molecule has 0 heterocycles. The third kappa shape index (κ3) is 5.22. The van der Waals surface area contributed by atoms with Crippen molar-refractivity contribution >= 4 is 11.6 Å². The first-order valence-corrected chi connectivity index (χ1v) is 6.34. The second-order valence-corrected chi connectivity index (χ2v) is 4.87. The highest BCUT2D eigenvalue weighted by Crippen LogP contribution is 2.17. The Kier molecular flexibility index (Phi) is 5.78. The SMILES string of the molecule is CCCCCC(C)Cc1ccc(Cl)cc1. The summed E-state index contributed by atoms with van der Waals surface area (Å²) in [6.07, 6.45) is 6.57. The van der Waals surface area contributed by atoms with Crippen molar-refractivity contribution in [1.29, 1.82) is 0 Å². The van der Waals surface area contributed by atoms with Gasteiger partial charge in [-0.2, -0.15) is 0 Å². The number of hydrogen-bond acceptors (Lipinski definition) is 0. The monoisotopic (exact) mass is 224 g/mol. The lowest BCUT2D eigenvalue weighted by atomic mass is 9.96. The summed E-state index contributed by atoms with van der Waals surface area (Å²) in [6, 6.07) is 8.24. The molecule has 0 saturated carbocycles. The Balaban J connectivity index is 2.31. The zero-order valence-electron chi connectivity index (χ0n) is 9.80. The summed E-state index contributed by atoms with van der Waals surface area (Å²) in [4.78, 5) is 0. The minimum Gasteiger partial charge on any atom is -0.0843 e. The van der Waals surface area contributed by atoms with Crippen LogP contribution in [0.2, 0.25) is 5.02 Å². The molecule has 0 nitrogen and oxygen atoms in total. The molecule has 0 fully saturated rings. The second kappa shape index (κ2) is 6.90. The molecule has 0 amide bonds. The van der Waals surface area contributed by atoms with Gasteiger partial charge in [-0.25, -0.2) is 0 Å². The predicted molar refractivity (Wildman–Crippen MR) is 68.5 cm³/mol. The van der Waals surface area contributed by atoms with Crippen LogP contribution in [0.15, 0.2) is 24.3 Å². The summed E-state index contributed by atoms with van der Waals surface area (Å²) in [5, 5.41) is 0.831. The summed E-state index contributed by atoms with van der Waals surface area (Å²) in [7, 11) is 0. The molecule has 0 aliphatic carbocycles. The van der Waals surface area contributed by atoms with Crippen molar-refractivity contribution in [3.05, 3.63) is 34.9 Å². The van der Waals surface area contributed by atoms with E-state index in [0.29, 0.717) is 0 Å². The normalized spacial score (nSPS) is 12.7. The van der Waals surface area contributed by atoms with Gasteiger partial charge in [-0.3, -0.25) is 0 Å². The van der Waals surface area contributed by atoms with E-state index in [-0.39, 0.29) is 0 Å². The zero-order valence-corrected chi connectivity index (χ0v) is 10.6. The molecule has 0 aliphatic rings. The molecule has 1 aromatic carbocycles. The Morgan fingerprint density at radius 3 is 2.40 bits per heavy atom. The van der Waals surface area contributed by atoms with Gasteiger partial charge >= 0.3 is 0 Å². The van der Waals surface area contributed by atoms with E-state index in [9.17, 15) is 0 Å². The lowest BCUT2D eigenvalue weighted by Gasteiger charge is -2.10. The molecule has 1 unspecified atom stereocenters. The van der Waals surface area contributed by atoms with Crippen LogP contribution in [-0.4, -0.2) is 0 Å². The van der Waals surface area contributed by atoms with Gasteiger partial charge in [0.2, 0.25) is 0 Å². The van der Waals surface area contributed by atoms with Gasteiger partial charge in [0.15, 0.2) is 0 Å². The van der Waals surface area contributed by atoms with Crippen molar-refractivity contribution in [2.24, 2.45) is 5.92 Å². The first kappa shape index (κ1) is 12.6. The van der Waals surface area contributed by atoms with Crippen molar-refractivity contribution in [3.63, 3.8) is 0 Å². The molecule has 1 heteroatoms. The predicted octanol–water partition coefficient (Wildman–Crippen LogP) is 5.10. The topological polar surface area (TPSA) is 0 Å². The fourth-order valence-corrected chi connectivity index (χ4v) is 1.99. The van der Waals surface area contributed by atoms with Crippen LogP contribution in [0.1, 0.15) is 45.1 Å². The Labute approximate surface area is 98.7 Å². The van der Waals surface area contributed by atoms with Crippen LogP contribution in [0.4, 0.5) is 0 Å².